The lowest BCUT2D eigenvalue weighted by atomic mass is 10.2. The summed E-state index contributed by atoms with van der Waals surface area (Å²) in [4.78, 5) is 3.43. The second-order valence-electron chi connectivity index (χ2n) is 6.26. The van der Waals surface area contributed by atoms with Crippen LogP contribution in [0.4, 0.5) is 5.69 Å². The van der Waals surface area contributed by atoms with E-state index in [1.54, 1.807) is 0 Å². The van der Waals surface area contributed by atoms with Gasteiger partial charge < -0.3 is 15.0 Å². The molecule has 3 nitrogen and oxygen atoms in total. The Hall–Kier alpha value is -1.49. The molecule has 1 heterocycles. The monoisotopic (exact) mass is 329 g/mol. The molecule has 0 amide bonds. The molecule has 122 valence electrons. The number of nitrogens with zero attached hydrogens (tertiary/aromatic N) is 1. The lowest BCUT2D eigenvalue weighted by Crippen LogP contribution is -2.82. The minimum atomic E-state index is 0.134. The van der Waals surface area contributed by atoms with Gasteiger partial charge in [0.1, 0.15) is 12.6 Å². The van der Waals surface area contributed by atoms with Gasteiger partial charge in [-0.25, -0.2) is 0 Å². The van der Waals surface area contributed by atoms with Gasteiger partial charge in [0.2, 0.25) is 6.23 Å². The van der Waals surface area contributed by atoms with E-state index in [4.69, 9.17) is 4.74 Å². The first-order valence-corrected chi connectivity index (χ1v) is 9.06. The average Bonchev–Trinajstić information content (AvgIpc) is 3.03. The first-order chi connectivity index (χ1) is 11.1. The van der Waals surface area contributed by atoms with Gasteiger partial charge >= 0.3 is 0 Å². The Balaban J connectivity index is 1.52. The van der Waals surface area contributed by atoms with Crippen LogP contribution in [0, 0.1) is 6.92 Å². The number of quaternary nitrogens is 1. The quantitative estimate of drug-likeness (QED) is 0.855. The lowest BCUT2D eigenvalue weighted by Gasteiger charge is -2.14. The Bertz CT molecular complexity index is 625. The molecule has 0 aromatic heterocycles. The van der Waals surface area contributed by atoms with Crippen LogP contribution in [0.2, 0.25) is 0 Å². The highest BCUT2D eigenvalue weighted by Gasteiger charge is 2.29. The number of rotatable bonds is 5. The van der Waals surface area contributed by atoms with Crippen molar-refractivity contribution < 1.29 is 10.1 Å². The van der Waals surface area contributed by atoms with Gasteiger partial charge in [0.05, 0.1) is 0 Å². The van der Waals surface area contributed by atoms with Crippen LogP contribution in [0.3, 0.4) is 0 Å². The van der Waals surface area contributed by atoms with Crippen molar-refractivity contribution in [3.8, 4) is 0 Å². The fourth-order valence-corrected chi connectivity index (χ4v) is 3.62. The largest absolute Gasteiger partial charge is 0.378 e. The Morgan fingerprint density at radius 3 is 2.43 bits per heavy atom. The van der Waals surface area contributed by atoms with Gasteiger partial charge in [0, 0.05) is 36.0 Å². The zero-order chi connectivity index (χ0) is 16.2. The number of hydrogen-bond acceptors (Lipinski definition) is 3. The molecule has 3 rings (SSSR count). The summed E-state index contributed by atoms with van der Waals surface area (Å²) in [6.07, 6.45) is 0.439. The molecule has 0 radical (unpaired) electrons. The number of thioether (sulfide) groups is 1. The number of anilines is 1. The van der Waals surface area contributed by atoms with E-state index >= 15 is 0 Å². The van der Waals surface area contributed by atoms with Gasteiger partial charge in [-0.3, -0.25) is 0 Å². The fourth-order valence-electron chi connectivity index (χ4n) is 2.70. The maximum atomic E-state index is 6.20. The summed E-state index contributed by atoms with van der Waals surface area (Å²) in [7, 11) is 4.12. The maximum absolute atomic E-state index is 6.20. The van der Waals surface area contributed by atoms with Crippen LogP contribution < -0.4 is 10.2 Å². The molecule has 2 aromatic carbocycles. The Morgan fingerprint density at radius 1 is 1.09 bits per heavy atom. The van der Waals surface area contributed by atoms with Crippen LogP contribution in [0.25, 0.3) is 0 Å². The molecule has 4 heteroatoms. The van der Waals surface area contributed by atoms with Crippen molar-refractivity contribution >= 4 is 17.4 Å². The minimum absolute atomic E-state index is 0.134. The molecule has 2 N–H and O–H groups in total. The highest BCUT2D eigenvalue weighted by atomic mass is 32.2. The van der Waals surface area contributed by atoms with Crippen LogP contribution in [0.15, 0.2) is 53.4 Å². The van der Waals surface area contributed by atoms with Crippen molar-refractivity contribution in [2.75, 3.05) is 31.3 Å². The van der Waals surface area contributed by atoms with Gasteiger partial charge in [-0.2, -0.15) is 0 Å². The molecule has 1 saturated heterocycles. The maximum Gasteiger partial charge on any atom is 0.217 e. The van der Waals surface area contributed by atoms with Crippen molar-refractivity contribution in [3.05, 3.63) is 59.7 Å². The molecule has 0 spiro atoms. The predicted molar refractivity (Wildman–Crippen MR) is 97.1 cm³/mol. The predicted octanol–water partition coefficient (Wildman–Crippen LogP) is 2.81. The highest BCUT2D eigenvalue weighted by Crippen LogP contribution is 2.24. The van der Waals surface area contributed by atoms with E-state index in [0.717, 1.165) is 12.3 Å². The number of hydrogen-bond donors (Lipinski definition) is 1. The van der Waals surface area contributed by atoms with E-state index < -0.39 is 0 Å². The molecule has 0 aliphatic carbocycles. The third kappa shape index (κ3) is 4.28. The van der Waals surface area contributed by atoms with Gasteiger partial charge in [0.25, 0.3) is 0 Å². The molecule has 0 unspecified atom stereocenters. The summed E-state index contributed by atoms with van der Waals surface area (Å²) >= 11 is 1.88. The van der Waals surface area contributed by atoms with E-state index in [1.807, 2.05) is 11.8 Å². The van der Waals surface area contributed by atoms with Crippen LogP contribution in [0.5, 0.6) is 0 Å². The average molecular weight is 329 g/mol. The van der Waals surface area contributed by atoms with E-state index in [0.29, 0.717) is 6.10 Å². The summed E-state index contributed by atoms with van der Waals surface area (Å²) in [6, 6.07) is 17.4. The van der Waals surface area contributed by atoms with Crippen molar-refractivity contribution in [1.82, 2.24) is 0 Å². The Kier molecular flexibility index (Phi) is 5.26. The van der Waals surface area contributed by atoms with Crippen molar-refractivity contribution in [2.24, 2.45) is 0 Å². The fraction of sp³-hybridized carbons (Fsp3) is 0.368. The lowest BCUT2D eigenvalue weighted by molar-refractivity contribution is -0.697. The van der Waals surface area contributed by atoms with Crippen molar-refractivity contribution in [1.29, 1.82) is 0 Å². The van der Waals surface area contributed by atoms with Crippen LogP contribution >= 0.6 is 11.8 Å². The van der Waals surface area contributed by atoms with Crippen molar-refractivity contribution in [2.45, 2.75) is 24.2 Å². The second kappa shape index (κ2) is 7.39. The SMILES string of the molecule is Cc1ccc(SC[C@H]2C[NH2+][C@@H](c3ccc(N(C)C)cc3)O2)cc1. The molecule has 0 saturated carbocycles. The summed E-state index contributed by atoms with van der Waals surface area (Å²) < 4.78 is 6.20. The molecule has 1 fully saturated rings. The van der Waals surface area contributed by atoms with Gasteiger partial charge in [-0.1, -0.05) is 17.7 Å². The standard InChI is InChI=1S/C19H24N2OS/c1-14-4-10-18(11-5-14)23-13-17-12-20-19(22-17)15-6-8-16(9-7-15)21(2)3/h4-11,17,19-20H,12-13H2,1-3H3/p+1/t17-,19-/m1/s1. The van der Waals surface area contributed by atoms with Crippen LogP contribution in [-0.2, 0) is 4.74 Å². The second-order valence-corrected chi connectivity index (χ2v) is 7.35. The zero-order valence-corrected chi connectivity index (χ0v) is 14.8. The summed E-state index contributed by atoms with van der Waals surface area (Å²) in [5, 5.41) is 2.30. The topological polar surface area (TPSA) is 29.1 Å². The molecule has 23 heavy (non-hydrogen) atoms. The normalized spacial score (nSPS) is 20.7. The first kappa shape index (κ1) is 16.4. The smallest absolute Gasteiger partial charge is 0.217 e. The summed E-state index contributed by atoms with van der Waals surface area (Å²) in [5.41, 5.74) is 3.78. The number of benzene rings is 2. The van der Waals surface area contributed by atoms with E-state index in [2.05, 4.69) is 79.8 Å². The number of aryl methyl sites for hydroxylation is 1. The van der Waals surface area contributed by atoms with Crippen LogP contribution in [0.1, 0.15) is 17.4 Å². The molecule has 1 aliphatic rings. The van der Waals surface area contributed by atoms with Gasteiger partial charge in [-0.05, 0) is 43.3 Å². The number of nitrogens with two attached hydrogens (primary N) is 1. The van der Waals surface area contributed by atoms with Crippen LogP contribution in [-0.4, -0.2) is 32.5 Å². The molecular weight excluding hydrogens is 304 g/mol. The third-order valence-corrected chi connectivity index (χ3v) is 5.29. The first-order valence-electron chi connectivity index (χ1n) is 8.07. The van der Waals surface area contributed by atoms with Gasteiger partial charge in [-0.15, -0.1) is 11.8 Å². The molecule has 0 bridgehead atoms. The minimum Gasteiger partial charge on any atom is -0.378 e. The van der Waals surface area contributed by atoms with E-state index in [-0.39, 0.29) is 6.23 Å². The van der Waals surface area contributed by atoms with Crippen molar-refractivity contribution in [3.63, 3.8) is 0 Å². The van der Waals surface area contributed by atoms with E-state index in [9.17, 15) is 0 Å². The Morgan fingerprint density at radius 2 is 1.78 bits per heavy atom. The van der Waals surface area contributed by atoms with E-state index in [1.165, 1.54) is 21.7 Å². The zero-order valence-electron chi connectivity index (χ0n) is 14.0. The summed E-state index contributed by atoms with van der Waals surface area (Å²) in [5.74, 6) is 1.01. The third-order valence-electron chi connectivity index (χ3n) is 4.15. The Labute approximate surface area is 143 Å². The molecule has 1 aliphatic heterocycles. The van der Waals surface area contributed by atoms with Gasteiger partial charge in [0.15, 0.2) is 0 Å². The summed E-state index contributed by atoms with van der Waals surface area (Å²) in [6.45, 7) is 3.15. The molecule has 2 atom stereocenters. The molecular formula is C19H25N2OS+. The molecule has 2 aromatic rings. The number of ether oxygens (including phenoxy) is 1. The highest BCUT2D eigenvalue weighted by molar-refractivity contribution is 7.99.